The second kappa shape index (κ2) is 8.75. The molecule has 0 saturated carbocycles. The van der Waals surface area contributed by atoms with Gasteiger partial charge in [0, 0.05) is 23.4 Å². The summed E-state index contributed by atoms with van der Waals surface area (Å²) in [6.45, 7) is 7.82. The van der Waals surface area contributed by atoms with Gasteiger partial charge in [-0.05, 0) is 69.9 Å². The maximum Gasteiger partial charge on any atom is 0.165 e. The first-order valence-electron chi connectivity index (χ1n) is 11.6. The van der Waals surface area contributed by atoms with Crippen molar-refractivity contribution in [3.05, 3.63) is 63.8 Å². The molecule has 0 spiro atoms. The van der Waals surface area contributed by atoms with Crippen LogP contribution in [0.2, 0.25) is 5.02 Å². The first-order valence-corrected chi connectivity index (χ1v) is 11.9. The van der Waals surface area contributed by atoms with E-state index in [1.54, 1.807) is 7.11 Å². The molecule has 1 aliphatic rings. The van der Waals surface area contributed by atoms with E-state index in [4.69, 9.17) is 30.8 Å². The van der Waals surface area contributed by atoms with Gasteiger partial charge in [0.2, 0.25) is 0 Å². The molecular formula is C26H29ClN4O2. The van der Waals surface area contributed by atoms with Crippen LogP contribution in [-0.4, -0.2) is 28.3 Å². The summed E-state index contributed by atoms with van der Waals surface area (Å²) >= 11 is 6.68. The average Bonchev–Trinajstić information content (AvgIpc) is 3.50. The van der Waals surface area contributed by atoms with Crippen LogP contribution in [0.5, 0.6) is 5.75 Å². The summed E-state index contributed by atoms with van der Waals surface area (Å²) in [5, 5.41) is 5.62. The van der Waals surface area contributed by atoms with Crippen molar-refractivity contribution in [3.8, 4) is 16.9 Å². The third kappa shape index (κ3) is 3.86. The Labute approximate surface area is 199 Å². The largest absolute Gasteiger partial charge is 0.497 e. The first kappa shape index (κ1) is 21.8. The van der Waals surface area contributed by atoms with Crippen molar-refractivity contribution in [2.75, 3.05) is 18.6 Å². The fraction of sp³-hybridized carbons (Fsp3) is 0.385. The Kier molecular flexibility index (Phi) is 5.79. The third-order valence-electron chi connectivity index (χ3n) is 6.32. The summed E-state index contributed by atoms with van der Waals surface area (Å²) in [4.78, 5) is 7.50. The molecule has 0 fully saturated rings. The molecule has 0 radical (unpaired) electrons. The van der Waals surface area contributed by atoms with E-state index in [-0.39, 0.29) is 0 Å². The fourth-order valence-electron chi connectivity index (χ4n) is 4.87. The molecule has 3 heterocycles. The lowest BCUT2D eigenvalue weighted by Crippen LogP contribution is -2.27. The number of halogens is 1. The van der Waals surface area contributed by atoms with Gasteiger partial charge in [0.15, 0.2) is 5.65 Å². The van der Waals surface area contributed by atoms with Crippen LogP contribution in [0.15, 0.2) is 34.7 Å². The van der Waals surface area contributed by atoms with Crippen molar-refractivity contribution in [2.24, 2.45) is 0 Å². The number of anilines is 1. The smallest absolute Gasteiger partial charge is 0.165 e. The Morgan fingerprint density at radius 2 is 2.03 bits per heavy atom. The van der Waals surface area contributed by atoms with Gasteiger partial charge in [-0.25, -0.2) is 4.98 Å². The normalized spacial score (nSPS) is 13.0. The van der Waals surface area contributed by atoms with E-state index in [0.717, 1.165) is 77.8 Å². The van der Waals surface area contributed by atoms with Gasteiger partial charge in [0.1, 0.15) is 23.1 Å². The van der Waals surface area contributed by atoms with E-state index in [0.29, 0.717) is 11.6 Å². The Morgan fingerprint density at radius 1 is 1.18 bits per heavy atom. The van der Waals surface area contributed by atoms with Gasteiger partial charge in [-0.15, -0.1) is 0 Å². The van der Waals surface area contributed by atoms with Crippen LogP contribution in [-0.2, 0) is 19.4 Å². The van der Waals surface area contributed by atoms with Gasteiger partial charge in [0.05, 0.1) is 29.9 Å². The minimum atomic E-state index is 0.632. The van der Waals surface area contributed by atoms with Crippen LogP contribution in [0, 0.1) is 13.8 Å². The number of hydrogen-bond donors (Lipinski definition) is 0. The van der Waals surface area contributed by atoms with Crippen LogP contribution >= 0.6 is 11.6 Å². The maximum atomic E-state index is 6.68. The molecule has 0 N–H and O–H groups in total. The molecule has 6 nitrogen and oxygen atoms in total. The number of nitrogens with zero attached hydrogens (tertiary/aromatic N) is 4. The van der Waals surface area contributed by atoms with Crippen molar-refractivity contribution in [1.29, 1.82) is 0 Å². The molecule has 3 aromatic heterocycles. The molecule has 0 unspecified atom stereocenters. The third-order valence-corrected chi connectivity index (χ3v) is 6.63. The summed E-state index contributed by atoms with van der Waals surface area (Å²) < 4.78 is 13.3. The number of fused-ring (bicyclic) bond motifs is 2. The number of ether oxygens (including phenoxy) is 1. The van der Waals surface area contributed by atoms with Crippen LogP contribution in [0.25, 0.3) is 16.8 Å². The molecule has 0 atom stereocenters. The lowest BCUT2D eigenvalue weighted by atomic mass is 10.1. The molecule has 1 aliphatic carbocycles. The van der Waals surface area contributed by atoms with Crippen molar-refractivity contribution in [3.63, 3.8) is 0 Å². The molecular weight excluding hydrogens is 436 g/mol. The first-order chi connectivity index (χ1) is 16.0. The monoisotopic (exact) mass is 464 g/mol. The number of hydrogen-bond acceptors (Lipinski definition) is 5. The zero-order chi connectivity index (χ0) is 23.1. The SMILES string of the molecule is CCCN(Cc1ccc(C)o1)c1c2c(nc3c(-c4ccc(OC)cc4Cl)c(C)nn13)CCC2. The lowest BCUT2D eigenvalue weighted by Gasteiger charge is -2.26. The molecule has 0 bridgehead atoms. The molecule has 1 aromatic carbocycles. The highest BCUT2D eigenvalue weighted by Crippen LogP contribution is 2.39. The number of methoxy groups -OCH3 is 1. The highest BCUT2D eigenvalue weighted by Gasteiger charge is 2.28. The fourth-order valence-corrected chi connectivity index (χ4v) is 5.13. The van der Waals surface area contributed by atoms with Gasteiger partial charge in [-0.3, -0.25) is 0 Å². The minimum Gasteiger partial charge on any atom is -0.497 e. The van der Waals surface area contributed by atoms with Gasteiger partial charge in [-0.2, -0.15) is 9.61 Å². The zero-order valence-electron chi connectivity index (χ0n) is 19.6. The Hall–Kier alpha value is -2.99. The summed E-state index contributed by atoms with van der Waals surface area (Å²) in [5.74, 6) is 3.75. The topological polar surface area (TPSA) is 55.8 Å². The standard InChI is InChI=1S/C26H29ClN4O2/c1-5-13-30(15-19-10-9-16(2)33-19)26-21-7-6-8-23(21)28-25-24(17(3)29-31(25)26)20-12-11-18(32-4)14-22(20)27/h9-12,14H,5-8,13,15H2,1-4H3. The van der Waals surface area contributed by atoms with Gasteiger partial charge < -0.3 is 14.1 Å². The summed E-state index contributed by atoms with van der Waals surface area (Å²) in [5.41, 5.74) is 6.12. The predicted octanol–water partition coefficient (Wildman–Crippen LogP) is 6.17. The van der Waals surface area contributed by atoms with Crippen LogP contribution < -0.4 is 9.64 Å². The van der Waals surface area contributed by atoms with Crippen molar-refractivity contribution >= 4 is 23.1 Å². The van der Waals surface area contributed by atoms with E-state index in [9.17, 15) is 0 Å². The van der Waals surface area contributed by atoms with Crippen LogP contribution in [0.4, 0.5) is 5.82 Å². The van der Waals surface area contributed by atoms with Crippen LogP contribution in [0.1, 0.15) is 48.2 Å². The molecule has 0 amide bonds. The summed E-state index contributed by atoms with van der Waals surface area (Å²) in [6, 6.07) is 9.86. The molecule has 5 rings (SSSR count). The zero-order valence-corrected chi connectivity index (χ0v) is 20.4. The molecule has 0 aliphatic heterocycles. The van der Waals surface area contributed by atoms with Crippen LogP contribution in [0.3, 0.4) is 0 Å². The molecule has 0 saturated heterocycles. The Balaban J connectivity index is 1.71. The molecule has 33 heavy (non-hydrogen) atoms. The van der Waals surface area contributed by atoms with Crippen molar-refractivity contribution in [2.45, 2.75) is 53.0 Å². The van der Waals surface area contributed by atoms with E-state index in [1.165, 1.54) is 11.3 Å². The number of aromatic nitrogens is 3. The summed E-state index contributed by atoms with van der Waals surface area (Å²) in [6.07, 6.45) is 4.14. The van der Waals surface area contributed by atoms with Crippen molar-refractivity contribution in [1.82, 2.24) is 14.6 Å². The predicted molar refractivity (Wildman–Crippen MR) is 132 cm³/mol. The average molecular weight is 465 g/mol. The molecule has 7 heteroatoms. The minimum absolute atomic E-state index is 0.632. The van der Waals surface area contributed by atoms with E-state index >= 15 is 0 Å². The quantitative estimate of drug-likeness (QED) is 0.327. The number of benzene rings is 1. The number of furan rings is 1. The second-order valence-electron chi connectivity index (χ2n) is 8.69. The molecule has 172 valence electrons. The maximum absolute atomic E-state index is 6.68. The van der Waals surface area contributed by atoms with E-state index < -0.39 is 0 Å². The van der Waals surface area contributed by atoms with Gasteiger partial charge in [-0.1, -0.05) is 18.5 Å². The van der Waals surface area contributed by atoms with E-state index in [2.05, 4.69) is 17.9 Å². The van der Waals surface area contributed by atoms with E-state index in [1.807, 2.05) is 42.6 Å². The Morgan fingerprint density at radius 3 is 2.73 bits per heavy atom. The highest BCUT2D eigenvalue weighted by atomic mass is 35.5. The van der Waals surface area contributed by atoms with Gasteiger partial charge in [0.25, 0.3) is 0 Å². The second-order valence-corrected chi connectivity index (χ2v) is 9.10. The summed E-state index contributed by atoms with van der Waals surface area (Å²) in [7, 11) is 1.64. The number of aryl methyl sites for hydroxylation is 3. The molecule has 4 aromatic rings. The van der Waals surface area contributed by atoms with Crippen molar-refractivity contribution < 1.29 is 9.15 Å². The Bertz CT molecular complexity index is 1320. The lowest BCUT2D eigenvalue weighted by molar-refractivity contribution is 0.415. The highest BCUT2D eigenvalue weighted by molar-refractivity contribution is 6.33. The van der Waals surface area contributed by atoms with Gasteiger partial charge >= 0.3 is 0 Å². The number of rotatable bonds is 7.